The molecule has 122 valence electrons. The minimum absolute atomic E-state index is 0.00306. The van der Waals surface area contributed by atoms with Crippen LogP contribution in [0.2, 0.25) is 0 Å². The Kier molecular flexibility index (Phi) is 4.21. The average Bonchev–Trinajstić information content (AvgIpc) is 2.88. The number of ether oxygens (including phenoxy) is 1. The normalized spacial score (nSPS) is 17.1. The van der Waals surface area contributed by atoms with E-state index in [0.29, 0.717) is 11.3 Å². The highest BCUT2D eigenvalue weighted by Crippen LogP contribution is 2.43. The second-order valence-corrected chi connectivity index (χ2v) is 6.98. The maximum atomic E-state index is 12.9. The van der Waals surface area contributed by atoms with E-state index >= 15 is 0 Å². The van der Waals surface area contributed by atoms with E-state index < -0.39 is 0 Å². The van der Waals surface area contributed by atoms with Crippen molar-refractivity contribution >= 4 is 17.5 Å². The average molecular weight is 332 g/mol. The Labute approximate surface area is 138 Å². The number of aromatic amines is 2. The van der Waals surface area contributed by atoms with Crippen LogP contribution in [0.1, 0.15) is 50.8 Å². The van der Waals surface area contributed by atoms with Crippen LogP contribution in [0.25, 0.3) is 0 Å². The van der Waals surface area contributed by atoms with E-state index in [4.69, 9.17) is 4.74 Å². The molecule has 1 aliphatic rings. The van der Waals surface area contributed by atoms with Gasteiger partial charge in [0.05, 0.1) is 6.10 Å². The second kappa shape index (κ2) is 6.02. The maximum absolute atomic E-state index is 12.9. The number of rotatable bonds is 3. The number of carbonyl (C=O) groups excluding carboxylic acids is 1. The SMILES string of the molecule is COC1CCSc2c(C)cc(C(=O)c3c(C)[nH][nH]c3=O)c(C)c21. The first kappa shape index (κ1) is 16.1. The maximum Gasteiger partial charge on any atom is 0.275 e. The molecule has 0 amide bonds. The third kappa shape index (κ3) is 2.56. The van der Waals surface area contributed by atoms with Crippen molar-refractivity contribution in [3.8, 4) is 0 Å². The van der Waals surface area contributed by atoms with Gasteiger partial charge in [-0.1, -0.05) is 0 Å². The van der Waals surface area contributed by atoms with E-state index in [1.807, 2.05) is 31.7 Å². The predicted octanol–water partition coefficient (Wildman–Crippen LogP) is 3.04. The van der Waals surface area contributed by atoms with Gasteiger partial charge in [0, 0.05) is 29.0 Å². The first-order valence-corrected chi connectivity index (χ1v) is 8.55. The lowest BCUT2D eigenvalue weighted by molar-refractivity contribution is 0.0961. The molecule has 3 rings (SSSR count). The highest BCUT2D eigenvalue weighted by atomic mass is 32.2. The lowest BCUT2D eigenvalue weighted by Gasteiger charge is -2.28. The molecule has 5 nitrogen and oxygen atoms in total. The van der Waals surface area contributed by atoms with Crippen LogP contribution in [0, 0.1) is 20.8 Å². The number of hydrogen-bond donors (Lipinski definition) is 2. The number of H-pyrrole nitrogens is 2. The van der Waals surface area contributed by atoms with Crippen LogP contribution in [0.4, 0.5) is 0 Å². The third-order valence-electron chi connectivity index (χ3n) is 4.44. The van der Waals surface area contributed by atoms with Gasteiger partial charge in [0.25, 0.3) is 5.56 Å². The number of fused-ring (bicyclic) bond motifs is 1. The molecule has 23 heavy (non-hydrogen) atoms. The Bertz CT molecular complexity index is 835. The minimum atomic E-state index is -0.375. The number of benzene rings is 1. The first-order valence-electron chi connectivity index (χ1n) is 7.57. The molecule has 6 heteroatoms. The summed E-state index contributed by atoms with van der Waals surface area (Å²) in [6.07, 6.45) is 0.930. The van der Waals surface area contributed by atoms with Crippen molar-refractivity contribution < 1.29 is 9.53 Å². The van der Waals surface area contributed by atoms with Gasteiger partial charge in [-0.2, -0.15) is 0 Å². The zero-order valence-corrected chi connectivity index (χ0v) is 14.5. The fourth-order valence-electron chi connectivity index (χ4n) is 3.24. The number of nitrogens with one attached hydrogen (secondary N) is 2. The number of hydrogen-bond acceptors (Lipinski definition) is 4. The molecule has 0 spiro atoms. The molecule has 2 heterocycles. The minimum Gasteiger partial charge on any atom is -0.377 e. The van der Waals surface area contributed by atoms with E-state index in [1.165, 1.54) is 4.90 Å². The number of aromatic nitrogens is 2. The van der Waals surface area contributed by atoms with Gasteiger partial charge >= 0.3 is 0 Å². The topological polar surface area (TPSA) is 75.0 Å². The standard InChI is InChI=1S/C17H20N2O3S/c1-8-7-11(15(20)14-10(3)18-19-17(14)21)9(2)13-12(22-4)5-6-23-16(8)13/h7,12H,5-6H2,1-4H3,(H2,18,19,21). The van der Waals surface area contributed by atoms with E-state index in [1.54, 1.807) is 14.0 Å². The smallest absolute Gasteiger partial charge is 0.275 e. The van der Waals surface area contributed by atoms with Gasteiger partial charge in [-0.05, 0) is 49.9 Å². The van der Waals surface area contributed by atoms with Crippen molar-refractivity contribution in [2.24, 2.45) is 0 Å². The Morgan fingerprint density at radius 3 is 2.65 bits per heavy atom. The fraction of sp³-hybridized carbons (Fsp3) is 0.412. The van der Waals surface area contributed by atoms with Crippen LogP contribution in [-0.4, -0.2) is 28.8 Å². The largest absolute Gasteiger partial charge is 0.377 e. The van der Waals surface area contributed by atoms with Gasteiger partial charge in [-0.3, -0.25) is 14.7 Å². The van der Waals surface area contributed by atoms with E-state index in [9.17, 15) is 9.59 Å². The van der Waals surface area contributed by atoms with Crippen molar-refractivity contribution in [2.75, 3.05) is 12.9 Å². The summed E-state index contributed by atoms with van der Waals surface area (Å²) in [6.45, 7) is 5.67. The quantitative estimate of drug-likeness (QED) is 0.847. The Morgan fingerprint density at radius 2 is 2.04 bits per heavy atom. The van der Waals surface area contributed by atoms with Crippen LogP contribution < -0.4 is 5.56 Å². The zero-order chi connectivity index (χ0) is 16.7. The first-order chi connectivity index (χ1) is 11.0. The van der Waals surface area contributed by atoms with Gasteiger partial charge < -0.3 is 9.84 Å². The second-order valence-electron chi connectivity index (χ2n) is 5.88. The summed E-state index contributed by atoms with van der Waals surface area (Å²) in [5, 5.41) is 5.19. The van der Waals surface area contributed by atoms with Crippen molar-refractivity contribution in [2.45, 2.75) is 38.2 Å². The van der Waals surface area contributed by atoms with Gasteiger partial charge in [0.15, 0.2) is 0 Å². The van der Waals surface area contributed by atoms with Crippen LogP contribution in [0.3, 0.4) is 0 Å². The molecular formula is C17H20N2O3S. The van der Waals surface area contributed by atoms with Crippen molar-refractivity contribution in [1.29, 1.82) is 0 Å². The molecule has 0 aliphatic carbocycles. The molecule has 0 bridgehead atoms. The molecule has 0 saturated carbocycles. The summed E-state index contributed by atoms with van der Waals surface area (Å²) < 4.78 is 5.63. The molecule has 1 aromatic carbocycles. The predicted molar refractivity (Wildman–Crippen MR) is 90.6 cm³/mol. The van der Waals surface area contributed by atoms with Crippen molar-refractivity contribution in [1.82, 2.24) is 10.2 Å². The molecule has 2 aromatic rings. The monoisotopic (exact) mass is 332 g/mol. The zero-order valence-electron chi connectivity index (χ0n) is 13.7. The fourth-order valence-corrected chi connectivity index (χ4v) is 4.50. The van der Waals surface area contributed by atoms with E-state index in [2.05, 4.69) is 10.2 Å². The summed E-state index contributed by atoms with van der Waals surface area (Å²) in [6, 6.07) is 1.90. The Hall–Kier alpha value is -1.79. The molecule has 2 N–H and O–H groups in total. The molecule has 1 unspecified atom stereocenters. The number of methoxy groups -OCH3 is 1. The number of carbonyl (C=O) groups is 1. The van der Waals surface area contributed by atoms with Crippen LogP contribution in [0.15, 0.2) is 15.8 Å². The highest BCUT2D eigenvalue weighted by molar-refractivity contribution is 7.99. The van der Waals surface area contributed by atoms with Crippen LogP contribution in [-0.2, 0) is 4.74 Å². The third-order valence-corrected chi connectivity index (χ3v) is 5.71. The number of ketones is 1. The molecule has 1 aromatic heterocycles. The number of thioether (sulfide) groups is 1. The van der Waals surface area contributed by atoms with Crippen molar-refractivity contribution in [3.63, 3.8) is 0 Å². The Balaban J connectivity index is 2.20. The van der Waals surface area contributed by atoms with Gasteiger partial charge in [0.1, 0.15) is 5.56 Å². The summed E-state index contributed by atoms with van der Waals surface area (Å²) in [5.41, 5.74) is 4.02. The molecule has 0 fully saturated rings. The van der Waals surface area contributed by atoms with Crippen LogP contribution >= 0.6 is 11.8 Å². The molecule has 1 atom stereocenters. The van der Waals surface area contributed by atoms with Gasteiger partial charge in [-0.15, -0.1) is 11.8 Å². The summed E-state index contributed by atoms with van der Waals surface area (Å²) in [7, 11) is 1.70. The van der Waals surface area contributed by atoms with Gasteiger partial charge in [-0.25, -0.2) is 0 Å². The van der Waals surface area contributed by atoms with Crippen LogP contribution in [0.5, 0.6) is 0 Å². The summed E-state index contributed by atoms with van der Waals surface area (Å²) in [5.74, 6) is 0.772. The molecule has 0 saturated heterocycles. The molecular weight excluding hydrogens is 312 g/mol. The van der Waals surface area contributed by atoms with E-state index in [0.717, 1.165) is 28.9 Å². The molecule has 1 aliphatic heterocycles. The summed E-state index contributed by atoms with van der Waals surface area (Å²) in [4.78, 5) is 26.0. The van der Waals surface area contributed by atoms with Crippen molar-refractivity contribution in [3.05, 3.63) is 49.9 Å². The number of aryl methyl sites for hydroxylation is 2. The van der Waals surface area contributed by atoms with E-state index in [-0.39, 0.29) is 23.0 Å². The highest BCUT2D eigenvalue weighted by Gasteiger charge is 2.28. The lowest BCUT2D eigenvalue weighted by Crippen LogP contribution is -2.19. The molecule has 0 radical (unpaired) electrons. The lowest BCUT2D eigenvalue weighted by atomic mass is 9.90. The summed E-state index contributed by atoms with van der Waals surface area (Å²) >= 11 is 1.81. The Morgan fingerprint density at radius 1 is 1.30 bits per heavy atom. The van der Waals surface area contributed by atoms with Gasteiger partial charge in [0.2, 0.25) is 5.78 Å².